The van der Waals surface area contributed by atoms with Crippen LogP contribution >= 0.6 is 46.1 Å². The Morgan fingerprint density at radius 2 is 2.36 bits per heavy atom. The summed E-state index contributed by atoms with van der Waals surface area (Å²) in [7, 11) is 0. The fraction of sp³-hybridized carbons (Fsp3) is 0.167. The Balaban J connectivity index is 0.000000461. The first-order chi connectivity index (χ1) is 5.34. The van der Waals surface area contributed by atoms with Gasteiger partial charge in [0.2, 0.25) is 5.04 Å². The van der Waals surface area contributed by atoms with E-state index in [4.69, 9.17) is 8.85 Å². The standard InChI is InChI=1S/C6H7NS2.HIO/c1-8-6(7)5-3-2-4-9-5;1-2/h2-4,7H,1H3;2H/p+1. The van der Waals surface area contributed by atoms with E-state index < -0.39 is 0 Å². The van der Waals surface area contributed by atoms with Crippen LogP contribution in [0.25, 0.3) is 0 Å². The van der Waals surface area contributed by atoms with Crippen LogP contribution in [0.3, 0.4) is 0 Å². The molecular weight excluding hydrogens is 293 g/mol. The van der Waals surface area contributed by atoms with Crippen molar-refractivity contribution in [1.29, 1.82) is 0 Å². The summed E-state index contributed by atoms with van der Waals surface area (Å²) in [6.45, 7) is 0. The lowest BCUT2D eigenvalue weighted by Crippen LogP contribution is -2.37. The van der Waals surface area contributed by atoms with Crippen LogP contribution in [0.15, 0.2) is 17.5 Å². The molecule has 0 saturated heterocycles. The summed E-state index contributed by atoms with van der Waals surface area (Å²) in [6.07, 6.45) is 1.98. The van der Waals surface area contributed by atoms with Crippen molar-refractivity contribution in [3.63, 3.8) is 0 Å². The fourth-order valence-electron chi connectivity index (χ4n) is 0.519. The molecule has 0 fully saturated rings. The molecule has 0 bridgehead atoms. The maximum Gasteiger partial charge on any atom is 0.248 e. The molecule has 0 aliphatic heterocycles. The normalized spacial score (nSPS) is 8.27. The third kappa shape index (κ3) is 4.09. The molecule has 1 rings (SSSR count). The van der Waals surface area contributed by atoms with Crippen LogP contribution in [0, 0.1) is 0 Å². The van der Waals surface area contributed by atoms with Crippen molar-refractivity contribution in [2.45, 2.75) is 0 Å². The Labute approximate surface area is 88.2 Å². The average Bonchev–Trinajstić information content (AvgIpc) is 2.59. The van der Waals surface area contributed by atoms with Crippen molar-refractivity contribution >= 4 is 51.1 Å². The van der Waals surface area contributed by atoms with Crippen molar-refractivity contribution in [1.82, 2.24) is 0 Å². The van der Waals surface area contributed by atoms with Crippen LogP contribution < -0.4 is 5.41 Å². The van der Waals surface area contributed by atoms with Gasteiger partial charge in [-0.05, 0) is 17.7 Å². The lowest BCUT2D eigenvalue weighted by Gasteiger charge is -1.83. The topological polar surface area (TPSA) is 45.8 Å². The Morgan fingerprint density at radius 1 is 1.73 bits per heavy atom. The van der Waals surface area contributed by atoms with Gasteiger partial charge in [0.05, 0.1) is 0 Å². The van der Waals surface area contributed by atoms with Crippen molar-refractivity contribution in [3.8, 4) is 0 Å². The molecule has 0 aliphatic rings. The quantitative estimate of drug-likeness (QED) is 0.461. The summed E-state index contributed by atoms with van der Waals surface area (Å²) >= 11 is 4.41. The van der Waals surface area contributed by atoms with E-state index in [1.165, 1.54) is 4.88 Å². The summed E-state index contributed by atoms with van der Waals surface area (Å²) in [6, 6.07) is 4.03. The number of halogens is 1. The molecule has 0 amide bonds. The molecule has 0 saturated carbocycles. The summed E-state index contributed by atoms with van der Waals surface area (Å²) in [5.41, 5.74) is 0. The number of hydrogen-bond acceptors (Lipinski definition) is 3. The Bertz CT molecular complexity index is 200. The van der Waals surface area contributed by atoms with Gasteiger partial charge in [0.25, 0.3) is 0 Å². The molecule has 1 heterocycles. The number of thiophene rings is 1. The van der Waals surface area contributed by atoms with Gasteiger partial charge in [0, 0.05) is 0 Å². The third-order valence-corrected chi connectivity index (χ3v) is 2.68. The minimum Gasteiger partial charge on any atom is -0.331 e. The van der Waals surface area contributed by atoms with Crippen LogP contribution in [0.2, 0.25) is 0 Å². The lowest BCUT2D eigenvalue weighted by molar-refractivity contribution is -0.107. The molecule has 0 atom stereocenters. The summed E-state index contributed by atoms with van der Waals surface area (Å²) in [5.74, 6) is 0. The maximum atomic E-state index is 6.97. The smallest absolute Gasteiger partial charge is 0.248 e. The molecule has 1 aromatic heterocycles. The van der Waals surface area contributed by atoms with Gasteiger partial charge in [0.1, 0.15) is 27.9 Å². The highest BCUT2D eigenvalue weighted by atomic mass is 127. The molecule has 2 nitrogen and oxygen atoms in total. The van der Waals surface area contributed by atoms with Crippen LogP contribution in [0.5, 0.6) is 0 Å². The van der Waals surface area contributed by atoms with Gasteiger partial charge >= 0.3 is 0 Å². The van der Waals surface area contributed by atoms with E-state index in [0.717, 1.165) is 28.0 Å². The molecule has 11 heavy (non-hydrogen) atoms. The Kier molecular flexibility index (Phi) is 7.34. The van der Waals surface area contributed by atoms with Gasteiger partial charge in [-0.25, -0.2) is 5.41 Å². The van der Waals surface area contributed by atoms with E-state index in [1.807, 2.05) is 23.8 Å². The first-order valence-corrected chi connectivity index (χ1v) is 5.78. The second-order valence-electron chi connectivity index (χ2n) is 1.55. The van der Waals surface area contributed by atoms with E-state index in [2.05, 4.69) is 0 Å². The number of hydrogen-bond donors (Lipinski definition) is 2. The highest BCUT2D eigenvalue weighted by molar-refractivity contribution is 14.1. The second-order valence-corrected chi connectivity index (χ2v) is 3.34. The van der Waals surface area contributed by atoms with E-state index >= 15 is 0 Å². The fourth-order valence-corrected chi connectivity index (χ4v) is 1.76. The highest BCUT2D eigenvalue weighted by Crippen LogP contribution is 2.12. The summed E-state index contributed by atoms with van der Waals surface area (Å²) < 4.78 is 6.97. The van der Waals surface area contributed by atoms with Crippen LogP contribution in [-0.4, -0.2) is 14.7 Å². The number of rotatable bonds is 1. The predicted octanol–water partition coefficient (Wildman–Crippen LogP) is 0.946. The predicted molar refractivity (Wildman–Crippen MR) is 60.1 cm³/mol. The van der Waals surface area contributed by atoms with Gasteiger partial charge < -0.3 is 3.44 Å². The summed E-state index contributed by atoms with van der Waals surface area (Å²) in [5, 5.41) is 8.56. The number of thioether (sulfide) groups is 1. The third-order valence-electron chi connectivity index (χ3n) is 0.984. The zero-order valence-corrected chi connectivity index (χ0v) is 9.74. The van der Waals surface area contributed by atoms with Gasteiger partial charge in [-0.15, -0.1) is 11.3 Å². The molecule has 0 aromatic carbocycles. The molecular formula is C6H9INOS2+. The van der Waals surface area contributed by atoms with Gasteiger partial charge in [-0.3, -0.25) is 0 Å². The molecule has 1 aromatic rings. The molecule has 5 heteroatoms. The van der Waals surface area contributed by atoms with Crippen LogP contribution in [0.4, 0.5) is 0 Å². The lowest BCUT2D eigenvalue weighted by atomic mass is 10.5. The van der Waals surface area contributed by atoms with Crippen molar-refractivity contribution in [3.05, 3.63) is 22.4 Å². The largest absolute Gasteiger partial charge is 0.331 e. The van der Waals surface area contributed by atoms with Gasteiger partial charge in [-0.2, -0.15) is 0 Å². The maximum absolute atomic E-state index is 6.97. The average molecular weight is 302 g/mol. The van der Waals surface area contributed by atoms with E-state index in [1.54, 1.807) is 23.1 Å². The molecule has 0 radical (unpaired) electrons. The second kappa shape index (κ2) is 7.08. The Hall–Kier alpha value is 0.410. The molecule has 0 spiro atoms. The van der Waals surface area contributed by atoms with E-state index in [9.17, 15) is 0 Å². The zero-order chi connectivity index (χ0) is 8.69. The van der Waals surface area contributed by atoms with Crippen molar-refractivity contribution in [2.24, 2.45) is 0 Å². The minimum absolute atomic E-state index is 0.907. The molecule has 3 N–H and O–H groups in total. The van der Waals surface area contributed by atoms with Gasteiger partial charge in [0.15, 0.2) is 0 Å². The van der Waals surface area contributed by atoms with E-state index in [-0.39, 0.29) is 0 Å². The van der Waals surface area contributed by atoms with Crippen molar-refractivity contribution < 1.29 is 8.85 Å². The van der Waals surface area contributed by atoms with Gasteiger partial charge in [-0.1, -0.05) is 17.8 Å². The Morgan fingerprint density at radius 3 is 2.73 bits per heavy atom. The monoisotopic (exact) mass is 302 g/mol. The van der Waals surface area contributed by atoms with E-state index in [0.29, 0.717) is 0 Å². The molecule has 0 unspecified atom stereocenters. The SMILES string of the molecule is CSC(=[NH2+])c1cccs1.OI. The first kappa shape index (κ1) is 11.4. The number of nitrogens with two attached hydrogens (primary N) is 1. The molecule has 0 aliphatic carbocycles. The highest BCUT2D eigenvalue weighted by Gasteiger charge is 2.03. The van der Waals surface area contributed by atoms with Crippen LogP contribution in [0.1, 0.15) is 4.88 Å². The van der Waals surface area contributed by atoms with Crippen LogP contribution in [-0.2, 0) is 0 Å². The first-order valence-electron chi connectivity index (χ1n) is 2.72. The zero-order valence-electron chi connectivity index (χ0n) is 5.95. The minimum atomic E-state index is 0.907. The van der Waals surface area contributed by atoms with Crippen molar-refractivity contribution in [2.75, 3.05) is 6.26 Å². The molecule has 62 valence electrons. The summed E-state index contributed by atoms with van der Waals surface area (Å²) in [4.78, 5) is 1.17.